The van der Waals surface area contributed by atoms with Crippen molar-refractivity contribution in [2.24, 2.45) is 0 Å². The summed E-state index contributed by atoms with van der Waals surface area (Å²) in [6.45, 7) is 1.69. The molecule has 1 aliphatic rings. The van der Waals surface area contributed by atoms with Gasteiger partial charge in [-0.2, -0.15) is 13.2 Å². The summed E-state index contributed by atoms with van der Waals surface area (Å²) >= 11 is 0. The van der Waals surface area contributed by atoms with Crippen LogP contribution in [0.4, 0.5) is 13.2 Å². The lowest BCUT2D eigenvalue weighted by Gasteiger charge is -2.16. The minimum absolute atomic E-state index is 0.0572. The van der Waals surface area contributed by atoms with Gasteiger partial charge in [-0.1, -0.05) is 48.4 Å². The molecule has 6 heteroatoms. The van der Waals surface area contributed by atoms with E-state index in [4.69, 9.17) is 9.84 Å². The molecule has 3 nitrogen and oxygen atoms in total. The highest BCUT2D eigenvalue weighted by Crippen LogP contribution is 2.38. The number of fused-ring (bicyclic) bond motifs is 1. The summed E-state index contributed by atoms with van der Waals surface area (Å²) in [5.74, 6) is 5.15. The highest BCUT2D eigenvalue weighted by Gasteiger charge is 2.30. The van der Waals surface area contributed by atoms with Crippen LogP contribution in [0.1, 0.15) is 54.0 Å². The average Bonchev–Trinajstić information content (AvgIpc) is 3.20. The first-order chi connectivity index (χ1) is 16.2. The number of rotatable bonds is 6. The SMILES string of the molecule is CC#C[C@@H](CC(=O)O)c1ccc(OC2CCc3cc(-c4ccc(C(F)(F)F)cc4)ccc32)cc1. The van der Waals surface area contributed by atoms with Gasteiger partial charge in [-0.05, 0) is 71.8 Å². The Morgan fingerprint density at radius 3 is 2.35 bits per heavy atom. The number of ether oxygens (including phenoxy) is 1. The minimum atomic E-state index is -4.35. The minimum Gasteiger partial charge on any atom is -0.486 e. The maximum Gasteiger partial charge on any atom is 0.416 e. The fraction of sp³-hybridized carbons (Fsp3) is 0.250. The molecule has 1 unspecified atom stereocenters. The van der Waals surface area contributed by atoms with Crippen molar-refractivity contribution < 1.29 is 27.8 Å². The van der Waals surface area contributed by atoms with Crippen molar-refractivity contribution in [2.45, 2.75) is 44.4 Å². The van der Waals surface area contributed by atoms with Gasteiger partial charge >= 0.3 is 12.1 Å². The number of carbonyl (C=O) groups is 1. The van der Waals surface area contributed by atoms with E-state index in [0.29, 0.717) is 5.75 Å². The van der Waals surface area contributed by atoms with Crippen molar-refractivity contribution in [3.8, 4) is 28.7 Å². The van der Waals surface area contributed by atoms with Crippen molar-refractivity contribution in [1.29, 1.82) is 0 Å². The van der Waals surface area contributed by atoms with E-state index >= 15 is 0 Å². The zero-order chi connectivity index (χ0) is 24.3. The molecule has 0 aliphatic heterocycles. The van der Waals surface area contributed by atoms with Gasteiger partial charge < -0.3 is 9.84 Å². The van der Waals surface area contributed by atoms with Crippen LogP contribution in [0.25, 0.3) is 11.1 Å². The third-order valence-corrected chi connectivity index (χ3v) is 5.97. The predicted molar refractivity (Wildman–Crippen MR) is 123 cm³/mol. The van der Waals surface area contributed by atoms with Crippen molar-refractivity contribution >= 4 is 5.97 Å². The maximum atomic E-state index is 12.8. The zero-order valence-corrected chi connectivity index (χ0v) is 18.5. The molecule has 0 fully saturated rings. The number of alkyl halides is 3. The van der Waals surface area contributed by atoms with Crippen LogP contribution >= 0.6 is 0 Å². The van der Waals surface area contributed by atoms with E-state index in [1.807, 2.05) is 42.5 Å². The second kappa shape index (κ2) is 9.64. The van der Waals surface area contributed by atoms with E-state index < -0.39 is 17.7 Å². The van der Waals surface area contributed by atoms with Crippen molar-refractivity contribution in [3.05, 3.63) is 89.0 Å². The van der Waals surface area contributed by atoms with Crippen molar-refractivity contribution in [1.82, 2.24) is 0 Å². The number of aliphatic carboxylic acids is 1. The summed E-state index contributed by atoms with van der Waals surface area (Å²) in [6.07, 6.45) is -2.90. The Morgan fingerprint density at radius 1 is 1.06 bits per heavy atom. The molecule has 3 aromatic rings. The van der Waals surface area contributed by atoms with Gasteiger partial charge in [0.1, 0.15) is 11.9 Å². The monoisotopic (exact) mass is 464 g/mol. The average molecular weight is 464 g/mol. The van der Waals surface area contributed by atoms with E-state index in [1.165, 1.54) is 12.1 Å². The van der Waals surface area contributed by atoms with E-state index in [1.54, 1.807) is 6.92 Å². The van der Waals surface area contributed by atoms with E-state index in [9.17, 15) is 18.0 Å². The first kappa shape index (κ1) is 23.4. The van der Waals surface area contributed by atoms with E-state index in [0.717, 1.165) is 52.8 Å². The molecule has 0 saturated carbocycles. The second-order valence-corrected chi connectivity index (χ2v) is 8.25. The number of benzene rings is 3. The van der Waals surface area contributed by atoms with Gasteiger partial charge in [0.05, 0.1) is 17.9 Å². The Morgan fingerprint density at radius 2 is 1.74 bits per heavy atom. The molecule has 0 aromatic heterocycles. The zero-order valence-electron chi connectivity index (χ0n) is 18.5. The van der Waals surface area contributed by atoms with E-state index in [2.05, 4.69) is 11.8 Å². The fourth-order valence-electron chi connectivity index (χ4n) is 4.28. The molecule has 174 valence electrons. The van der Waals surface area contributed by atoms with Crippen LogP contribution in [-0.2, 0) is 17.4 Å². The molecule has 0 spiro atoms. The fourth-order valence-corrected chi connectivity index (χ4v) is 4.28. The quantitative estimate of drug-likeness (QED) is 0.399. The van der Waals surface area contributed by atoms with Gasteiger partial charge in [-0.3, -0.25) is 4.79 Å². The largest absolute Gasteiger partial charge is 0.486 e. The first-order valence-electron chi connectivity index (χ1n) is 11.0. The summed E-state index contributed by atoms with van der Waals surface area (Å²) in [5, 5.41) is 9.11. The Bertz CT molecular complexity index is 1230. The highest BCUT2D eigenvalue weighted by molar-refractivity contribution is 5.69. The molecular weight excluding hydrogens is 441 g/mol. The number of hydrogen-bond acceptors (Lipinski definition) is 2. The standard InChI is InChI=1S/C28H23F3O3/c1-2-3-20(17-27(32)33)19-6-12-24(13-7-19)34-26-15-9-22-16-21(8-14-25(22)26)18-4-10-23(11-5-18)28(29,30)31/h4-8,10-14,16,20,26H,9,15,17H2,1H3,(H,32,33)/t20-,26?/m0/s1. The number of aryl methyl sites for hydroxylation is 1. The third-order valence-electron chi connectivity index (χ3n) is 5.97. The van der Waals surface area contributed by atoms with Gasteiger partial charge in [-0.25, -0.2) is 0 Å². The smallest absolute Gasteiger partial charge is 0.416 e. The highest BCUT2D eigenvalue weighted by atomic mass is 19.4. The van der Waals surface area contributed by atoms with Crippen LogP contribution in [0.2, 0.25) is 0 Å². The molecule has 1 aliphatic carbocycles. The molecule has 2 atom stereocenters. The first-order valence-corrected chi connectivity index (χ1v) is 11.0. The van der Waals surface area contributed by atoms with Gasteiger partial charge in [0.15, 0.2) is 0 Å². The topological polar surface area (TPSA) is 46.5 Å². The maximum absolute atomic E-state index is 12.8. The summed E-state index contributed by atoms with van der Waals surface area (Å²) in [7, 11) is 0. The van der Waals surface area contributed by atoms with Gasteiger partial charge in [0.2, 0.25) is 0 Å². The lowest BCUT2D eigenvalue weighted by Crippen LogP contribution is -2.06. The second-order valence-electron chi connectivity index (χ2n) is 8.25. The third kappa shape index (κ3) is 5.26. The molecule has 3 aromatic carbocycles. The Labute approximate surface area is 196 Å². The molecule has 0 heterocycles. The number of hydrogen-bond donors (Lipinski definition) is 1. The molecule has 0 amide bonds. The van der Waals surface area contributed by atoms with Crippen molar-refractivity contribution in [2.75, 3.05) is 0 Å². The molecule has 4 rings (SSSR count). The number of halogens is 3. The molecule has 34 heavy (non-hydrogen) atoms. The lowest BCUT2D eigenvalue weighted by molar-refractivity contribution is -0.138. The summed E-state index contributed by atoms with van der Waals surface area (Å²) in [6, 6.07) is 18.5. The normalized spacial score (nSPS) is 15.7. The number of carboxylic acids is 1. The Hall–Kier alpha value is -3.72. The Balaban J connectivity index is 1.47. The summed E-state index contributed by atoms with van der Waals surface area (Å²) < 4.78 is 44.7. The van der Waals surface area contributed by atoms with Gasteiger partial charge in [0, 0.05) is 0 Å². The molecule has 0 bridgehead atoms. The molecular formula is C28H23F3O3. The van der Waals surface area contributed by atoms with Crippen LogP contribution in [0, 0.1) is 11.8 Å². The molecule has 0 saturated heterocycles. The van der Waals surface area contributed by atoms with Gasteiger partial charge in [-0.15, -0.1) is 5.92 Å². The van der Waals surface area contributed by atoms with Crippen LogP contribution < -0.4 is 4.74 Å². The number of carboxylic acid groups (broad SMARTS) is 1. The van der Waals surface area contributed by atoms with Crippen LogP contribution in [0.15, 0.2) is 66.7 Å². The van der Waals surface area contributed by atoms with Crippen molar-refractivity contribution in [3.63, 3.8) is 0 Å². The van der Waals surface area contributed by atoms with Crippen LogP contribution in [-0.4, -0.2) is 11.1 Å². The summed E-state index contributed by atoms with van der Waals surface area (Å²) in [5.41, 5.74) is 3.98. The molecule has 1 N–H and O–H groups in total. The predicted octanol–water partition coefficient (Wildman–Crippen LogP) is 7.02. The van der Waals surface area contributed by atoms with Gasteiger partial charge in [0.25, 0.3) is 0 Å². The van der Waals surface area contributed by atoms with Crippen LogP contribution in [0.5, 0.6) is 5.75 Å². The van der Waals surface area contributed by atoms with E-state index in [-0.39, 0.29) is 18.4 Å². The summed E-state index contributed by atoms with van der Waals surface area (Å²) in [4.78, 5) is 11.1. The Kier molecular flexibility index (Phi) is 6.65. The van der Waals surface area contributed by atoms with Crippen LogP contribution in [0.3, 0.4) is 0 Å². The lowest BCUT2D eigenvalue weighted by atomic mass is 9.96. The molecule has 0 radical (unpaired) electrons.